The van der Waals surface area contributed by atoms with Gasteiger partial charge in [0.05, 0.1) is 0 Å². The van der Waals surface area contributed by atoms with E-state index in [0.29, 0.717) is 0 Å². The lowest BCUT2D eigenvalue weighted by molar-refractivity contribution is 1.71. The lowest BCUT2D eigenvalue weighted by atomic mass is 9.96. The summed E-state index contributed by atoms with van der Waals surface area (Å²) in [5, 5.41) is 7.71. The summed E-state index contributed by atoms with van der Waals surface area (Å²) in [6.07, 6.45) is 4.48. The van der Waals surface area contributed by atoms with Gasteiger partial charge in [0.2, 0.25) is 0 Å². The highest BCUT2D eigenvalue weighted by atomic mass is 14.1. The Labute approximate surface area is 153 Å². The Morgan fingerprint density at radius 2 is 1.00 bits per heavy atom. The van der Waals surface area contributed by atoms with Gasteiger partial charge >= 0.3 is 0 Å². The van der Waals surface area contributed by atoms with Crippen LogP contribution < -0.4 is 0 Å². The fourth-order valence-corrected chi connectivity index (χ4v) is 3.72. The highest BCUT2D eigenvalue weighted by Crippen LogP contribution is 2.30. The van der Waals surface area contributed by atoms with E-state index in [1.54, 1.807) is 0 Å². The smallest absolute Gasteiger partial charge is 0.00992 e. The van der Waals surface area contributed by atoms with Gasteiger partial charge < -0.3 is 0 Å². The van der Waals surface area contributed by atoms with Crippen LogP contribution >= 0.6 is 0 Å². The molecule has 0 heteroatoms. The summed E-state index contributed by atoms with van der Waals surface area (Å²) in [6, 6.07) is 34.6. The van der Waals surface area contributed by atoms with Crippen LogP contribution in [0.2, 0.25) is 0 Å². The second-order valence-electron chi connectivity index (χ2n) is 6.67. The number of fused-ring (bicyclic) bond motifs is 3. The van der Waals surface area contributed by atoms with Crippen LogP contribution in [0, 0.1) is 0 Å². The summed E-state index contributed by atoms with van der Waals surface area (Å²) in [6.45, 7) is 0. The van der Waals surface area contributed by atoms with E-state index >= 15 is 0 Å². The van der Waals surface area contributed by atoms with E-state index in [4.69, 9.17) is 0 Å². The average molecular weight is 330 g/mol. The maximum absolute atomic E-state index is 2.28. The number of benzene rings is 5. The standard InChI is InChI=1S/C26H18/c1-2-8-21-17-19(13-15-20(21)7-1)14-16-26-24-11-5-3-9-22(24)18-23-10-4-6-12-25(23)26/h1-18H/b16-14+. The molecule has 5 aromatic rings. The van der Waals surface area contributed by atoms with E-state index in [1.165, 1.54) is 43.4 Å². The second-order valence-corrected chi connectivity index (χ2v) is 6.67. The first-order valence-corrected chi connectivity index (χ1v) is 8.96. The minimum Gasteiger partial charge on any atom is -0.0616 e. The first-order valence-electron chi connectivity index (χ1n) is 8.96. The fourth-order valence-electron chi connectivity index (χ4n) is 3.72. The summed E-state index contributed by atoms with van der Waals surface area (Å²) in [7, 11) is 0. The van der Waals surface area contributed by atoms with Crippen LogP contribution in [-0.2, 0) is 0 Å². The van der Waals surface area contributed by atoms with Crippen molar-refractivity contribution in [1.29, 1.82) is 0 Å². The zero-order chi connectivity index (χ0) is 17.3. The highest BCUT2D eigenvalue weighted by Gasteiger charge is 2.04. The third-order valence-corrected chi connectivity index (χ3v) is 5.03. The predicted molar refractivity (Wildman–Crippen MR) is 114 cm³/mol. The van der Waals surface area contributed by atoms with Crippen LogP contribution in [0.15, 0.2) is 97.1 Å². The molecule has 0 N–H and O–H groups in total. The van der Waals surface area contributed by atoms with Crippen LogP contribution in [0.4, 0.5) is 0 Å². The third-order valence-electron chi connectivity index (χ3n) is 5.03. The van der Waals surface area contributed by atoms with Gasteiger partial charge in [0.1, 0.15) is 0 Å². The quantitative estimate of drug-likeness (QED) is 0.235. The summed E-state index contributed by atoms with van der Waals surface area (Å²) in [5.41, 5.74) is 2.51. The van der Waals surface area contributed by atoms with Crippen molar-refractivity contribution >= 4 is 44.5 Å². The van der Waals surface area contributed by atoms with Crippen molar-refractivity contribution in [2.75, 3.05) is 0 Å². The minimum absolute atomic E-state index is 1.22. The zero-order valence-corrected chi connectivity index (χ0v) is 14.4. The number of hydrogen-bond donors (Lipinski definition) is 0. The van der Waals surface area contributed by atoms with Crippen molar-refractivity contribution in [2.24, 2.45) is 0 Å². The summed E-state index contributed by atoms with van der Waals surface area (Å²) in [5.74, 6) is 0. The van der Waals surface area contributed by atoms with Crippen LogP contribution in [0.25, 0.3) is 44.5 Å². The maximum atomic E-state index is 2.28. The molecule has 0 aliphatic heterocycles. The lowest BCUT2D eigenvalue weighted by Crippen LogP contribution is -1.83. The van der Waals surface area contributed by atoms with E-state index < -0.39 is 0 Å². The van der Waals surface area contributed by atoms with Gasteiger partial charge in [-0.2, -0.15) is 0 Å². The van der Waals surface area contributed by atoms with Crippen molar-refractivity contribution in [3.63, 3.8) is 0 Å². The summed E-state index contributed by atoms with van der Waals surface area (Å²) in [4.78, 5) is 0. The first kappa shape index (κ1) is 14.9. The molecule has 0 unspecified atom stereocenters. The molecule has 0 spiro atoms. The van der Waals surface area contributed by atoms with Gasteiger partial charge in [-0.25, -0.2) is 0 Å². The van der Waals surface area contributed by atoms with Gasteiger partial charge in [0.15, 0.2) is 0 Å². The first-order chi connectivity index (χ1) is 12.9. The molecule has 5 rings (SSSR count). The average Bonchev–Trinajstić information content (AvgIpc) is 2.71. The topological polar surface area (TPSA) is 0 Å². The van der Waals surface area contributed by atoms with Crippen LogP contribution in [0.5, 0.6) is 0 Å². The Bertz CT molecular complexity index is 1220. The van der Waals surface area contributed by atoms with Gasteiger partial charge in [-0.15, -0.1) is 0 Å². The molecule has 0 saturated carbocycles. The normalized spacial score (nSPS) is 11.7. The van der Waals surface area contributed by atoms with Crippen molar-refractivity contribution in [2.45, 2.75) is 0 Å². The molecule has 0 aliphatic rings. The van der Waals surface area contributed by atoms with Gasteiger partial charge in [-0.05, 0) is 55.6 Å². The molecule has 0 radical (unpaired) electrons. The van der Waals surface area contributed by atoms with Gasteiger partial charge in [-0.1, -0.05) is 97.1 Å². The van der Waals surface area contributed by atoms with Crippen molar-refractivity contribution < 1.29 is 0 Å². The molecule has 0 aromatic heterocycles. The van der Waals surface area contributed by atoms with Crippen LogP contribution in [0.3, 0.4) is 0 Å². The lowest BCUT2D eigenvalue weighted by Gasteiger charge is -2.08. The minimum atomic E-state index is 1.22. The molecule has 0 fully saturated rings. The van der Waals surface area contributed by atoms with Gasteiger partial charge in [0.25, 0.3) is 0 Å². The zero-order valence-electron chi connectivity index (χ0n) is 14.4. The molecule has 0 aliphatic carbocycles. The SMILES string of the molecule is C(=C\c1c2ccccc2cc2ccccc12)/c1ccc2ccccc2c1. The van der Waals surface area contributed by atoms with Gasteiger partial charge in [-0.3, -0.25) is 0 Å². The van der Waals surface area contributed by atoms with Crippen LogP contribution in [0.1, 0.15) is 11.1 Å². The monoisotopic (exact) mass is 330 g/mol. The molecule has 0 atom stereocenters. The fraction of sp³-hybridized carbons (Fsp3) is 0. The van der Waals surface area contributed by atoms with E-state index in [-0.39, 0.29) is 0 Å². The number of rotatable bonds is 2. The molecule has 0 bridgehead atoms. The van der Waals surface area contributed by atoms with Crippen molar-refractivity contribution in [1.82, 2.24) is 0 Å². The Balaban J connectivity index is 1.70. The Morgan fingerprint density at radius 3 is 1.69 bits per heavy atom. The Morgan fingerprint density at radius 1 is 0.423 bits per heavy atom. The summed E-state index contributed by atoms with van der Waals surface area (Å²) >= 11 is 0. The Hall–Kier alpha value is -3.38. The van der Waals surface area contributed by atoms with Gasteiger partial charge in [0, 0.05) is 0 Å². The molecular formula is C26H18. The molecule has 5 aromatic carbocycles. The molecule has 122 valence electrons. The Kier molecular flexibility index (Phi) is 3.54. The highest BCUT2D eigenvalue weighted by molar-refractivity contribution is 6.08. The molecular weight excluding hydrogens is 312 g/mol. The van der Waals surface area contributed by atoms with Crippen molar-refractivity contribution in [3.8, 4) is 0 Å². The summed E-state index contributed by atoms with van der Waals surface area (Å²) < 4.78 is 0. The van der Waals surface area contributed by atoms with E-state index in [1.807, 2.05) is 0 Å². The third kappa shape index (κ3) is 2.57. The molecule has 0 saturated heterocycles. The molecule has 0 heterocycles. The number of hydrogen-bond acceptors (Lipinski definition) is 0. The molecule has 26 heavy (non-hydrogen) atoms. The van der Waals surface area contributed by atoms with E-state index in [9.17, 15) is 0 Å². The second kappa shape index (κ2) is 6.16. The molecule has 0 amide bonds. The van der Waals surface area contributed by atoms with Crippen LogP contribution in [-0.4, -0.2) is 0 Å². The molecule has 0 nitrogen and oxygen atoms in total. The van der Waals surface area contributed by atoms with E-state index in [0.717, 1.165) is 0 Å². The van der Waals surface area contributed by atoms with Crippen molar-refractivity contribution in [3.05, 3.63) is 108 Å². The maximum Gasteiger partial charge on any atom is -0.00992 e. The van der Waals surface area contributed by atoms with E-state index in [2.05, 4.69) is 109 Å². The largest absolute Gasteiger partial charge is 0.0616 e. The predicted octanol–water partition coefficient (Wildman–Crippen LogP) is 7.32.